The fourth-order valence-corrected chi connectivity index (χ4v) is 5.23. The van der Waals surface area contributed by atoms with E-state index in [-0.39, 0.29) is 17.2 Å². The minimum atomic E-state index is 0.0364. The smallest absolute Gasteiger partial charge is 0.241 e. The Kier molecular flexibility index (Phi) is 7.10. The van der Waals surface area contributed by atoms with Gasteiger partial charge in [-0.2, -0.15) is 4.98 Å². The van der Waals surface area contributed by atoms with Gasteiger partial charge in [0.05, 0.1) is 12.5 Å². The number of carbonyl (C=O) groups is 1. The Morgan fingerprint density at radius 3 is 2.39 bits per heavy atom. The van der Waals surface area contributed by atoms with Gasteiger partial charge in [0.15, 0.2) is 0 Å². The topological polar surface area (TPSA) is 65.7 Å². The second-order valence-corrected chi connectivity index (χ2v) is 11.1. The molecule has 0 radical (unpaired) electrons. The molecule has 2 fully saturated rings. The van der Waals surface area contributed by atoms with Crippen LogP contribution in [0.25, 0.3) is 11.4 Å². The third-order valence-electron chi connectivity index (χ3n) is 7.40. The van der Waals surface area contributed by atoms with E-state index in [0.717, 1.165) is 57.7 Å². The summed E-state index contributed by atoms with van der Waals surface area (Å²) >= 11 is 0. The van der Waals surface area contributed by atoms with Crippen molar-refractivity contribution in [1.29, 1.82) is 0 Å². The van der Waals surface area contributed by atoms with Crippen LogP contribution in [0.2, 0.25) is 0 Å². The second-order valence-electron chi connectivity index (χ2n) is 11.1. The van der Waals surface area contributed by atoms with Crippen molar-refractivity contribution in [3.8, 4) is 11.4 Å². The summed E-state index contributed by atoms with van der Waals surface area (Å²) < 4.78 is 5.58. The fraction of sp³-hybridized carbons (Fsp3) is 0.483. The quantitative estimate of drug-likeness (QED) is 0.524. The number of likely N-dealkylation sites (tertiary alicyclic amines) is 1. The summed E-state index contributed by atoms with van der Waals surface area (Å²) in [6, 6.07) is 18.8. The number of nitrogens with zero attached hydrogens (tertiary/aromatic N) is 5. The maximum absolute atomic E-state index is 13.3. The number of amides is 1. The molecule has 0 aliphatic carbocycles. The van der Waals surface area contributed by atoms with Gasteiger partial charge in [0, 0.05) is 44.0 Å². The molecule has 1 atom stereocenters. The van der Waals surface area contributed by atoms with Crippen molar-refractivity contribution in [3.05, 3.63) is 66.1 Å². The summed E-state index contributed by atoms with van der Waals surface area (Å²) in [7, 11) is 0. The van der Waals surface area contributed by atoms with Gasteiger partial charge in [-0.05, 0) is 42.5 Å². The van der Waals surface area contributed by atoms with Crippen LogP contribution in [0.5, 0.6) is 0 Å². The van der Waals surface area contributed by atoms with E-state index in [2.05, 4.69) is 94.1 Å². The van der Waals surface area contributed by atoms with Gasteiger partial charge in [-0.3, -0.25) is 9.69 Å². The highest BCUT2D eigenvalue weighted by Gasteiger charge is 2.31. The Bertz CT molecular complexity index is 1140. The number of anilines is 1. The lowest BCUT2D eigenvalue weighted by Gasteiger charge is -2.39. The summed E-state index contributed by atoms with van der Waals surface area (Å²) in [5.74, 6) is 1.55. The van der Waals surface area contributed by atoms with Gasteiger partial charge in [0.1, 0.15) is 0 Å². The van der Waals surface area contributed by atoms with Gasteiger partial charge in [-0.25, -0.2) is 0 Å². The molecular formula is C29H37N5O2. The molecule has 2 saturated heterocycles. The standard InChI is InChI=1S/C29H37N5O2/c1-29(2,3)24-13-11-22(12-14-24)27-30-26(36-31-27)21-32-15-7-8-23(20-32)28(35)34-18-16-33(17-19-34)25-9-5-4-6-10-25/h4-6,9-14,23H,7-8,15-21H2,1-3H3. The van der Waals surface area contributed by atoms with Gasteiger partial charge in [-0.15, -0.1) is 0 Å². The van der Waals surface area contributed by atoms with E-state index in [0.29, 0.717) is 18.3 Å². The number of carbonyl (C=O) groups excluding carboxylic acids is 1. The van der Waals surface area contributed by atoms with Gasteiger partial charge < -0.3 is 14.3 Å². The average molecular weight is 488 g/mol. The van der Waals surface area contributed by atoms with Crippen LogP contribution in [0.15, 0.2) is 59.1 Å². The lowest BCUT2D eigenvalue weighted by atomic mass is 9.87. The van der Waals surface area contributed by atoms with Crippen molar-refractivity contribution >= 4 is 11.6 Å². The first-order chi connectivity index (χ1) is 17.4. The molecule has 0 saturated carbocycles. The highest BCUT2D eigenvalue weighted by atomic mass is 16.5. The molecule has 2 aliphatic rings. The number of rotatable bonds is 5. The van der Waals surface area contributed by atoms with Crippen molar-refractivity contribution < 1.29 is 9.32 Å². The Morgan fingerprint density at radius 2 is 1.69 bits per heavy atom. The SMILES string of the molecule is CC(C)(C)c1ccc(-c2noc(CN3CCCC(C(=O)N4CCN(c5ccccc5)CC4)C3)n2)cc1. The van der Waals surface area contributed by atoms with Crippen molar-refractivity contribution in [2.75, 3.05) is 44.2 Å². The lowest BCUT2D eigenvalue weighted by Crippen LogP contribution is -2.52. The molecule has 0 spiro atoms. The van der Waals surface area contributed by atoms with Crippen LogP contribution >= 0.6 is 0 Å². The van der Waals surface area contributed by atoms with E-state index in [4.69, 9.17) is 4.52 Å². The Morgan fingerprint density at radius 1 is 0.972 bits per heavy atom. The third kappa shape index (κ3) is 5.62. The molecule has 1 aromatic heterocycles. The van der Waals surface area contributed by atoms with Crippen LogP contribution in [0.4, 0.5) is 5.69 Å². The fourth-order valence-electron chi connectivity index (χ4n) is 5.23. The van der Waals surface area contributed by atoms with E-state index in [9.17, 15) is 4.79 Å². The largest absolute Gasteiger partial charge is 0.368 e. The number of piperazine rings is 1. The van der Waals surface area contributed by atoms with Gasteiger partial charge in [0.25, 0.3) is 0 Å². The summed E-state index contributed by atoms with van der Waals surface area (Å²) in [5, 5.41) is 4.21. The molecule has 36 heavy (non-hydrogen) atoms. The van der Waals surface area contributed by atoms with Crippen molar-refractivity contribution in [2.45, 2.75) is 45.6 Å². The molecular weight excluding hydrogens is 450 g/mol. The minimum absolute atomic E-state index is 0.0364. The van der Waals surface area contributed by atoms with Crippen LogP contribution in [-0.4, -0.2) is 65.1 Å². The zero-order valence-electron chi connectivity index (χ0n) is 21.7. The molecule has 190 valence electrons. The van der Waals surface area contributed by atoms with E-state index in [1.807, 2.05) is 6.07 Å². The lowest BCUT2D eigenvalue weighted by molar-refractivity contribution is -0.137. The van der Waals surface area contributed by atoms with E-state index in [1.54, 1.807) is 0 Å². The minimum Gasteiger partial charge on any atom is -0.368 e. The molecule has 0 N–H and O–H groups in total. The third-order valence-corrected chi connectivity index (χ3v) is 7.40. The predicted octanol–water partition coefficient (Wildman–Crippen LogP) is 4.59. The van der Waals surface area contributed by atoms with Crippen molar-refractivity contribution in [3.63, 3.8) is 0 Å². The number of hydrogen-bond donors (Lipinski definition) is 0. The van der Waals surface area contributed by atoms with Crippen molar-refractivity contribution in [1.82, 2.24) is 19.9 Å². The number of hydrogen-bond acceptors (Lipinski definition) is 6. The Labute approximate surface area is 214 Å². The number of benzene rings is 2. The Balaban J connectivity index is 1.15. The summed E-state index contributed by atoms with van der Waals surface area (Å²) in [5.41, 5.74) is 3.58. The first-order valence-electron chi connectivity index (χ1n) is 13.1. The molecule has 1 unspecified atom stereocenters. The number of piperidine rings is 1. The Hall–Kier alpha value is -3.19. The van der Waals surface area contributed by atoms with E-state index >= 15 is 0 Å². The molecule has 7 heteroatoms. The van der Waals surface area contributed by atoms with Gasteiger partial charge in [0.2, 0.25) is 17.6 Å². The predicted molar refractivity (Wildman–Crippen MR) is 142 cm³/mol. The zero-order chi connectivity index (χ0) is 25.1. The maximum atomic E-state index is 13.3. The number of para-hydroxylation sites is 1. The average Bonchev–Trinajstić information content (AvgIpc) is 3.37. The van der Waals surface area contributed by atoms with Crippen LogP contribution in [0.1, 0.15) is 45.1 Å². The summed E-state index contributed by atoms with van der Waals surface area (Å²) in [4.78, 5) is 24.7. The molecule has 7 nitrogen and oxygen atoms in total. The molecule has 0 bridgehead atoms. The maximum Gasteiger partial charge on any atom is 0.241 e. The normalized spacial score (nSPS) is 19.5. The van der Waals surface area contributed by atoms with Gasteiger partial charge >= 0.3 is 0 Å². The van der Waals surface area contributed by atoms with E-state index in [1.165, 1.54) is 11.3 Å². The summed E-state index contributed by atoms with van der Waals surface area (Å²) in [6.07, 6.45) is 1.96. The first kappa shape index (κ1) is 24.5. The van der Waals surface area contributed by atoms with Crippen LogP contribution in [0.3, 0.4) is 0 Å². The highest BCUT2D eigenvalue weighted by Crippen LogP contribution is 2.26. The second kappa shape index (κ2) is 10.4. The molecule has 5 rings (SSSR count). The molecule has 3 heterocycles. The molecule has 1 amide bonds. The molecule has 2 aliphatic heterocycles. The first-order valence-corrected chi connectivity index (χ1v) is 13.1. The van der Waals surface area contributed by atoms with Crippen LogP contribution < -0.4 is 4.90 Å². The van der Waals surface area contributed by atoms with Gasteiger partial charge in [-0.1, -0.05) is 68.4 Å². The summed E-state index contributed by atoms with van der Waals surface area (Å²) in [6.45, 7) is 12.2. The zero-order valence-corrected chi connectivity index (χ0v) is 21.7. The number of aromatic nitrogens is 2. The van der Waals surface area contributed by atoms with Crippen LogP contribution in [-0.2, 0) is 16.8 Å². The molecule has 3 aromatic rings. The van der Waals surface area contributed by atoms with Crippen LogP contribution in [0, 0.1) is 5.92 Å². The van der Waals surface area contributed by atoms with E-state index < -0.39 is 0 Å². The highest BCUT2D eigenvalue weighted by molar-refractivity contribution is 5.79. The molecule has 2 aromatic carbocycles. The monoisotopic (exact) mass is 487 g/mol. The van der Waals surface area contributed by atoms with Crippen molar-refractivity contribution in [2.24, 2.45) is 5.92 Å².